The molecule has 1 unspecified atom stereocenters. The van der Waals surface area contributed by atoms with E-state index in [1.807, 2.05) is 0 Å². The van der Waals surface area contributed by atoms with Crippen molar-refractivity contribution in [3.63, 3.8) is 0 Å². The molecule has 2 aromatic heterocycles. The third-order valence-electron chi connectivity index (χ3n) is 8.17. The molecular weight excluding hydrogens is 685 g/mol. The molecule has 18 heteroatoms. The van der Waals surface area contributed by atoms with E-state index in [2.05, 4.69) is 26.2 Å². The van der Waals surface area contributed by atoms with Crippen LogP contribution in [0.5, 0.6) is 5.75 Å². The van der Waals surface area contributed by atoms with Gasteiger partial charge in [-0.05, 0) is 31.2 Å². The molecule has 17 nitrogen and oxygen atoms in total. The molecule has 0 bridgehead atoms. The van der Waals surface area contributed by atoms with E-state index < -0.39 is 73.0 Å². The zero-order chi connectivity index (χ0) is 37.3. The summed E-state index contributed by atoms with van der Waals surface area (Å²) in [5.74, 6) is -3.27. The summed E-state index contributed by atoms with van der Waals surface area (Å²) >= 11 is 0. The van der Waals surface area contributed by atoms with Crippen LogP contribution in [0.3, 0.4) is 0 Å². The van der Waals surface area contributed by atoms with Gasteiger partial charge >= 0.3 is 25.7 Å². The molecule has 1 N–H and O–H groups in total. The Morgan fingerprint density at radius 1 is 1.08 bits per heavy atom. The number of benzene rings is 1. The van der Waals surface area contributed by atoms with Gasteiger partial charge in [0.2, 0.25) is 11.2 Å². The van der Waals surface area contributed by atoms with Crippen molar-refractivity contribution in [2.45, 2.75) is 70.2 Å². The highest BCUT2D eigenvalue weighted by atomic mass is 31.2. The number of fused-ring (bicyclic) bond motifs is 2. The van der Waals surface area contributed by atoms with Gasteiger partial charge in [0.15, 0.2) is 18.0 Å². The fourth-order valence-corrected chi connectivity index (χ4v) is 7.28. The Morgan fingerprint density at radius 2 is 1.76 bits per heavy atom. The molecule has 2 fully saturated rings. The third-order valence-corrected chi connectivity index (χ3v) is 9.81. The normalized spacial score (nSPS) is 25.5. The molecule has 7 atom stereocenters. The van der Waals surface area contributed by atoms with E-state index in [4.69, 9.17) is 28.0 Å². The van der Waals surface area contributed by atoms with Gasteiger partial charge < -0.3 is 28.4 Å². The smallest absolute Gasteiger partial charge is 0.460 e. The van der Waals surface area contributed by atoms with Crippen LogP contribution >= 0.6 is 7.75 Å². The van der Waals surface area contributed by atoms with E-state index in [0.29, 0.717) is 17.0 Å². The first-order chi connectivity index (χ1) is 24.1. The third kappa shape index (κ3) is 6.92. The maximum absolute atomic E-state index is 14.6. The van der Waals surface area contributed by atoms with Gasteiger partial charge in [-0.3, -0.25) is 18.9 Å². The highest BCUT2D eigenvalue weighted by Gasteiger charge is 2.95. The Balaban J connectivity index is 1.65. The van der Waals surface area contributed by atoms with Gasteiger partial charge in [-0.25, -0.2) is 19.1 Å². The summed E-state index contributed by atoms with van der Waals surface area (Å²) in [4.78, 5) is 49.6. The van der Waals surface area contributed by atoms with Crippen molar-refractivity contribution in [3.8, 4) is 11.8 Å². The number of nitriles is 1. The summed E-state index contributed by atoms with van der Waals surface area (Å²) in [5, 5.41) is 17.7. The van der Waals surface area contributed by atoms with Crippen LogP contribution in [-0.2, 0) is 42.4 Å². The Hall–Kier alpha value is -4.88. The average Bonchev–Trinajstić information content (AvgIpc) is 3.33. The second-order valence-electron chi connectivity index (χ2n) is 12.9. The standard InChI is InChI=1S/C33H40N7O10P/c1-19(2)28(41)46-26-25(23-14-15-24-27(36-18-39(6)7)35-17-37-40(23)24)47-32(16-34)31(33(26,32)48-29(42)20(3)4)50-51(44,38-21(5)30(43)45-8)49-22-12-10-9-11-13-22/h9-15,17-21,25-26,31H,1-8H3,(H,38,44)/t21-,25-,26-,31?,32+,33+,51+/m0/s1. The predicted molar refractivity (Wildman–Crippen MR) is 180 cm³/mol. The molecule has 1 aliphatic carbocycles. The lowest BCUT2D eigenvalue weighted by molar-refractivity contribution is -0.181. The molecule has 272 valence electrons. The highest BCUT2D eigenvalue weighted by molar-refractivity contribution is 7.52. The van der Waals surface area contributed by atoms with Gasteiger partial charge in [-0.2, -0.15) is 15.4 Å². The van der Waals surface area contributed by atoms with E-state index in [0.717, 1.165) is 7.11 Å². The molecule has 2 aliphatic rings. The number of nitrogens with zero attached hydrogens (tertiary/aromatic N) is 6. The average molecular weight is 726 g/mol. The SMILES string of the molecule is COC(=O)[C@H](C)N[P@@](=O)(Oc1ccccc1)OC1[C@@]2(C#N)O[C@@H](c3ccc4c(N=CN(C)C)ncnn34)[C@H](OC(=O)C(C)C)[C@@]12OC(=O)C(C)C. The lowest BCUT2D eigenvalue weighted by atomic mass is 10.0. The summed E-state index contributed by atoms with van der Waals surface area (Å²) < 4.78 is 51.3. The lowest BCUT2D eigenvalue weighted by Gasteiger charge is -2.30. The van der Waals surface area contributed by atoms with E-state index >= 15 is 0 Å². The van der Waals surface area contributed by atoms with Crippen LogP contribution in [0.1, 0.15) is 46.4 Å². The fraction of sp³-hybridized carbons (Fsp3) is 0.485. The minimum Gasteiger partial charge on any atom is -0.468 e. The number of hydrogen-bond acceptors (Lipinski definition) is 14. The molecule has 5 rings (SSSR count). The summed E-state index contributed by atoms with van der Waals surface area (Å²) in [6.07, 6.45) is -1.64. The maximum Gasteiger partial charge on any atom is 0.460 e. The van der Waals surface area contributed by atoms with Crippen LogP contribution in [0, 0.1) is 23.2 Å². The van der Waals surface area contributed by atoms with Crippen LogP contribution in [0.25, 0.3) is 5.52 Å². The van der Waals surface area contributed by atoms with E-state index in [9.17, 15) is 24.2 Å². The van der Waals surface area contributed by atoms with E-state index in [-0.39, 0.29) is 5.75 Å². The molecule has 1 saturated heterocycles. The topological polar surface area (TPSA) is 205 Å². The largest absolute Gasteiger partial charge is 0.468 e. The molecule has 0 radical (unpaired) electrons. The van der Waals surface area contributed by atoms with Crippen molar-refractivity contribution < 1.29 is 46.9 Å². The molecule has 3 heterocycles. The Kier molecular flexibility index (Phi) is 10.5. The molecule has 1 aliphatic heterocycles. The van der Waals surface area contributed by atoms with Crippen LogP contribution in [-0.4, -0.2) is 94.4 Å². The van der Waals surface area contributed by atoms with Crippen molar-refractivity contribution in [2.75, 3.05) is 21.2 Å². The van der Waals surface area contributed by atoms with Crippen molar-refractivity contribution >= 4 is 43.3 Å². The zero-order valence-corrected chi connectivity index (χ0v) is 30.3. The monoisotopic (exact) mass is 725 g/mol. The summed E-state index contributed by atoms with van der Waals surface area (Å²) in [6.45, 7) is 7.73. The van der Waals surface area contributed by atoms with Gasteiger partial charge in [0.25, 0.3) is 0 Å². The number of carbonyl (C=O) groups excluding carboxylic acids is 3. The molecule has 3 aromatic rings. The van der Waals surface area contributed by atoms with Crippen LogP contribution in [0.2, 0.25) is 0 Å². The number of hydrogen-bond donors (Lipinski definition) is 1. The number of methoxy groups -OCH3 is 1. The molecule has 0 spiro atoms. The summed E-state index contributed by atoms with van der Waals surface area (Å²) in [6, 6.07) is 12.1. The molecule has 1 aromatic carbocycles. The Bertz CT molecular complexity index is 1910. The van der Waals surface area contributed by atoms with Crippen molar-refractivity contribution in [2.24, 2.45) is 16.8 Å². The van der Waals surface area contributed by atoms with Gasteiger partial charge in [-0.1, -0.05) is 45.9 Å². The number of aliphatic imine (C=N–C) groups is 1. The first-order valence-electron chi connectivity index (χ1n) is 16.1. The first kappa shape index (κ1) is 37.4. The number of aromatic nitrogens is 3. The quantitative estimate of drug-likeness (QED) is 0.0830. The van der Waals surface area contributed by atoms with Crippen molar-refractivity contribution in [3.05, 3.63) is 54.5 Å². The molecule has 1 saturated carbocycles. The summed E-state index contributed by atoms with van der Waals surface area (Å²) in [5.41, 5.74) is -3.61. The Labute approximate surface area is 294 Å². The van der Waals surface area contributed by atoms with Crippen LogP contribution in [0.4, 0.5) is 5.82 Å². The predicted octanol–water partition coefficient (Wildman–Crippen LogP) is 3.53. The van der Waals surface area contributed by atoms with Crippen LogP contribution < -0.4 is 9.61 Å². The lowest BCUT2D eigenvalue weighted by Crippen LogP contribution is -2.45. The van der Waals surface area contributed by atoms with Gasteiger partial charge in [0.1, 0.15) is 35.8 Å². The molecule has 51 heavy (non-hydrogen) atoms. The van der Waals surface area contributed by atoms with Crippen LogP contribution in [0.15, 0.2) is 53.8 Å². The van der Waals surface area contributed by atoms with E-state index in [1.165, 1.54) is 29.9 Å². The highest BCUT2D eigenvalue weighted by Crippen LogP contribution is 2.71. The fourth-order valence-electron chi connectivity index (χ4n) is 5.57. The number of ether oxygens (including phenoxy) is 4. The number of para-hydroxylation sites is 1. The summed E-state index contributed by atoms with van der Waals surface area (Å²) in [7, 11) is 0.0837. The second kappa shape index (κ2) is 14.4. The van der Waals surface area contributed by atoms with Gasteiger partial charge in [-0.15, -0.1) is 0 Å². The number of carbonyl (C=O) groups is 3. The second-order valence-corrected chi connectivity index (χ2v) is 14.5. The minimum absolute atomic E-state index is 0.0871. The number of rotatable bonds is 14. The maximum atomic E-state index is 14.6. The molecule has 0 amide bonds. The molecular formula is C33H40N7O10P. The number of esters is 3. The van der Waals surface area contributed by atoms with Gasteiger partial charge in [0, 0.05) is 14.1 Å². The number of nitrogens with one attached hydrogen (secondary N) is 1. The van der Waals surface area contributed by atoms with E-state index in [1.54, 1.807) is 83.4 Å². The van der Waals surface area contributed by atoms with Crippen molar-refractivity contribution in [1.29, 1.82) is 5.26 Å². The van der Waals surface area contributed by atoms with Gasteiger partial charge in [0.05, 0.1) is 31.0 Å². The first-order valence-corrected chi connectivity index (χ1v) is 17.6. The van der Waals surface area contributed by atoms with Crippen molar-refractivity contribution in [1.82, 2.24) is 24.6 Å². The Morgan fingerprint density at radius 3 is 2.37 bits per heavy atom. The minimum atomic E-state index is -4.66. The zero-order valence-electron chi connectivity index (χ0n) is 29.4.